The van der Waals surface area contributed by atoms with E-state index in [1.165, 1.54) is 0 Å². The second-order valence-electron chi connectivity index (χ2n) is 2.43. The first-order chi connectivity index (χ1) is 5.25. The van der Waals surface area contributed by atoms with Gasteiger partial charge in [-0.3, -0.25) is 5.41 Å². The third kappa shape index (κ3) is 0.920. The fourth-order valence-electron chi connectivity index (χ4n) is 1.08. The summed E-state index contributed by atoms with van der Waals surface area (Å²) in [6.45, 7) is 0.475. The van der Waals surface area contributed by atoms with Crippen molar-refractivity contribution in [2.75, 3.05) is 0 Å². The first-order valence-corrected chi connectivity index (χ1v) is 3.27. The Labute approximate surface area is 63.0 Å². The molecular formula is C7H7N3O. The van der Waals surface area contributed by atoms with Gasteiger partial charge in [0, 0.05) is 12.3 Å². The van der Waals surface area contributed by atoms with E-state index < -0.39 is 0 Å². The van der Waals surface area contributed by atoms with Crippen molar-refractivity contribution in [2.24, 2.45) is 0 Å². The molecule has 2 rings (SSSR count). The smallest absolute Gasteiger partial charge is 0.148 e. The highest BCUT2D eigenvalue weighted by Crippen LogP contribution is 2.10. The van der Waals surface area contributed by atoms with Crippen molar-refractivity contribution in [1.82, 2.24) is 9.55 Å². The summed E-state index contributed by atoms with van der Waals surface area (Å²) in [4.78, 5) is 3.90. The monoisotopic (exact) mass is 149 g/mol. The lowest BCUT2D eigenvalue weighted by Crippen LogP contribution is -2.10. The maximum atomic E-state index is 9.08. The maximum Gasteiger partial charge on any atom is 0.148 e. The third-order valence-electron chi connectivity index (χ3n) is 1.57. The van der Waals surface area contributed by atoms with Crippen LogP contribution in [0.15, 0.2) is 18.0 Å². The number of hydrogen-bond donors (Lipinski definition) is 2. The van der Waals surface area contributed by atoms with Crippen molar-refractivity contribution in [3.63, 3.8) is 0 Å². The predicted molar refractivity (Wildman–Crippen MR) is 38.7 cm³/mol. The summed E-state index contributed by atoms with van der Waals surface area (Å²) in [6, 6.07) is 1.59. The minimum absolute atomic E-state index is 0.224. The Bertz CT molecular complexity index is 378. The van der Waals surface area contributed by atoms with Crippen LogP contribution in [0.1, 0.15) is 5.82 Å². The highest BCUT2D eigenvalue weighted by Gasteiger charge is 2.09. The van der Waals surface area contributed by atoms with Crippen molar-refractivity contribution in [2.45, 2.75) is 6.54 Å². The van der Waals surface area contributed by atoms with Gasteiger partial charge < -0.3 is 9.67 Å². The topological polar surface area (TPSA) is 61.9 Å². The molecular weight excluding hydrogens is 142 g/mol. The summed E-state index contributed by atoms with van der Waals surface area (Å²) < 4.78 is 1.79. The number of rotatable bonds is 0. The summed E-state index contributed by atoms with van der Waals surface area (Å²) in [5, 5.41) is 16.3. The second-order valence-corrected chi connectivity index (χ2v) is 2.43. The lowest BCUT2D eigenvalue weighted by molar-refractivity contribution is 0.389. The largest absolute Gasteiger partial charge is 0.510 e. The molecule has 1 aliphatic heterocycles. The number of nitrogens with zero attached hydrogens (tertiary/aromatic N) is 2. The average Bonchev–Trinajstić information content (AvgIpc) is 2.27. The minimum atomic E-state index is 0.224. The Morgan fingerprint density at radius 3 is 3.27 bits per heavy atom. The van der Waals surface area contributed by atoms with Gasteiger partial charge in [0.25, 0.3) is 0 Å². The first-order valence-electron chi connectivity index (χ1n) is 3.27. The summed E-state index contributed by atoms with van der Waals surface area (Å²) in [5.74, 6) is 0.943. The summed E-state index contributed by atoms with van der Waals surface area (Å²) in [7, 11) is 0. The van der Waals surface area contributed by atoms with Crippen molar-refractivity contribution < 1.29 is 5.11 Å². The van der Waals surface area contributed by atoms with Crippen molar-refractivity contribution in [3.8, 4) is 0 Å². The molecule has 4 nitrogen and oxygen atoms in total. The molecule has 4 heteroatoms. The molecule has 0 bridgehead atoms. The molecule has 0 saturated heterocycles. The van der Waals surface area contributed by atoms with E-state index in [1.54, 1.807) is 22.9 Å². The highest BCUT2D eigenvalue weighted by molar-refractivity contribution is 5.46. The standard InChI is InChI=1S/C7H7N3O/c8-6-1-2-10-4-5(11)3-7(10)9-6/h1-3,8,11H,4H2. The number of allylic oxidation sites excluding steroid dienone is 1. The Kier molecular flexibility index (Phi) is 1.09. The molecule has 1 aromatic heterocycles. The molecule has 0 spiro atoms. The van der Waals surface area contributed by atoms with Crippen LogP contribution in [0.25, 0.3) is 6.08 Å². The van der Waals surface area contributed by atoms with Crippen molar-refractivity contribution in [1.29, 1.82) is 5.41 Å². The molecule has 2 N–H and O–H groups in total. The van der Waals surface area contributed by atoms with Crippen LogP contribution in [0, 0.1) is 5.41 Å². The van der Waals surface area contributed by atoms with Crippen LogP contribution in [-0.4, -0.2) is 14.7 Å². The number of hydrogen-bond acceptors (Lipinski definition) is 3. The van der Waals surface area contributed by atoms with Crippen LogP contribution in [0.3, 0.4) is 0 Å². The molecule has 0 atom stereocenters. The molecule has 0 saturated carbocycles. The SMILES string of the molecule is N=c1ccn2c(n1)C=C(O)C2. The first kappa shape index (κ1) is 6.15. The molecule has 0 aromatic carbocycles. The summed E-state index contributed by atoms with van der Waals surface area (Å²) in [5.41, 5.74) is 0.224. The number of nitrogens with one attached hydrogen (secondary N) is 1. The van der Waals surface area contributed by atoms with E-state index in [9.17, 15) is 0 Å². The fourth-order valence-corrected chi connectivity index (χ4v) is 1.08. The van der Waals surface area contributed by atoms with E-state index in [2.05, 4.69) is 4.98 Å². The summed E-state index contributed by atoms with van der Waals surface area (Å²) >= 11 is 0. The average molecular weight is 149 g/mol. The minimum Gasteiger partial charge on any atom is -0.510 e. The molecule has 11 heavy (non-hydrogen) atoms. The zero-order valence-corrected chi connectivity index (χ0v) is 5.78. The zero-order valence-electron chi connectivity index (χ0n) is 5.78. The number of aliphatic hydroxyl groups excluding tert-OH is 1. The number of aromatic nitrogens is 2. The van der Waals surface area contributed by atoms with Gasteiger partial charge in [-0.25, -0.2) is 4.98 Å². The van der Waals surface area contributed by atoms with Crippen LogP contribution in [0.5, 0.6) is 0 Å². The van der Waals surface area contributed by atoms with Crippen LogP contribution in [0.2, 0.25) is 0 Å². The van der Waals surface area contributed by atoms with E-state index in [0.717, 1.165) is 0 Å². The van der Waals surface area contributed by atoms with Gasteiger partial charge in [0.05, 0.1) is 6.54 Å². The molecule has 2 heterocycles. The zero-order chi connectivity index (χ0) is 7.84. The van der Waals surface area contributed by atoms with Gasteiger partial charge in [-0.05, 0) is 6.07 Å². The van der Waals surface area contributed by atoms with Gasteiger partial charge in [0.2, 0.25) is 0 Å². The quantitative estimate of drug-likeness (QED) is 0.556. The van der Waals surface area contributed by atoms with Crippen molar-refractivity contribution in [3.05, 3.63) is 29.3 Å². The molecule has 1 aliphatic rings. The number of fused-ring (bicyclic) bond motifs is 1. The Hall–Kier alpha value is -1.58. The van der Waals surface area contributed by atoms with Gasteiger partial charge in [-0.1, -0.05) is 0 Å². The second kappa shape index (κ2) is 1.95. The normalized spacial score (nSPS) is 14.4. The molecule has 0 fully saturated rings. The molecule has 0 aliphatic carbocycles. The van der Waals surface area contributed by atoms with Crippen molar-refractivity contribution >= 4 is 6.08 Å². The molecule has 0 radical (unpaired) electrons. The molecule has 0 amide bonds. The van der Waals surface area contributed by atoms with Gasteiger partial charge in [-0.15, -0.1) is 0 Å². The fraction of sp³-hybridized carbons (Fsp3) is 0.143. The lowest BCUT2D eigenvalue weighted by atomic mass is 10.5. The maximum absolute atomic E-state index is 9.08. The van der Waals surface area contributed by atoms with Crippen LogP contribution < -0.4 is 5.49 Å². The summed E-state index contributed by atoms with van der Waals surface area (Å²) in [6.07, 6.45) is 3.31. The lowest BCUT2D eigenvalue weighted by Gasteiger charge is -1.99. The van der Waals surface area contributed by atoms with Crippen LogP contribution in [-0.2, 0) is 6.54 Å². The van der Waals surface area contributed by atoms with E-state index in [-0.39, 0.29) is 5.49 Å². The van der Waals surface area contributed by atoms with Gasteiger partial charge in [0.1, 0.15) is 17.1 Å². The Morgan fingerprint density at radius 2 is 2.45 bits per heavy atom. The third-order valence-corrected chi connectivity index (χ3v) is 1.57. The van der Waals surface area contributed by atoms with E-state index in [1.807, 2.05) is 0 Å². The Balaban J connectivity index is 2.63. The molecule has 1 aromatic rings. The molecule has 56 valence electrons. The Morgan fingerprint density at radius 1 is 1.64 bits per heavy atom. The van der Waals surface area contributed by atoms with Crippen LogP contribution in [0.4, 0.5) is 0 Å². The van der Waals surface area contributed by atoms with E-state index in [0.29, 0.717) is 18.1 Å². The van der Waals surface area contributed by atoms with Gasteiger partial charge in [0.15, 0.2) is 0 Å². The predicted octanol–water partition coefficient (Wildman–Crippen LogP) is 0.275. The van der Waals surface area contributed by atoms with Crippen LogP contribution >= 0.6 is 0 Å². The number of aliphatic hydroxyl groups is 1. The van der Waals surface area contributed by atoms with Gasteiger partial charge in [-0.2, -0.15) is 0 Å². The van der Waals surface area contributed by atoms with E-state index >= 15 is 0 Å². The highest BCUT2D eigenvalue weighted by atomic mass is 16.3. The van der Waals surface area contributed by atoms with E-state index in [4.69, 9.17) is 10.5 Å². The van der Waals surface area contributed by atoms with Gasteiger partial charge >= 0.3 is 0 Å². The molecule has 0 unspecified atom stereocenters.